The van der Waals surface area contributed by atoms with Crippen molar-refractivity contribution in [3.05, 3.63) is 206 Å². The van der Waals surface area contributed by atoms with Crippen molar-refractivity contribution in [2.24, 2.45) is 0 Å². The molecule has 10 aromatic rings. The normalized spacial score (nSPS) is 11.3. The Balaban J connectivity index is 1.28. The summed E-state index contributed by atoms with van der Waals surface area (Å²) in [4.78, 5) is 10.4. The van der Waals surface area contributed by atoms with Gasteiger partial charge in [0.1, 0.15) is 0 Å². The van der Waals surface area contributed by atoms with Gasteiger partial charge in [0.2, 0.25) is 0 Å². The van der Waals surface area contributed by atoms with Gasteiger partial charge < -0.3 is 0 Å². The summed E-state index contributed by atoms with van der Waals surface area (Å²) in [5.41, 5.74) is 7.19. The highest BCUT2D eigenvalue weighted by Crippen LogP contribution is 2.38. The summed E-state index contributed by atoms with van der Waals surface area (Å²) in [6, 6.07) is 73.7. The van der Waals surface area contributed by atoms with Crippen LogP contribution in [-0.2, 0) is 0 Å². The number of hydrogen-bond donors (Lipinski definition) is 0. The first-order chi connectivity index (χ1) is 26.8. The molecule has 252 valence electrons. The Bertz CT molecular complexity index is 3000. The molecule has 0 aliphatic heterocycles. The van der Waals surface area contributed by atoms with Crippen molar-refractivity contribution < 1.29 is 0 Å². The van der Waals surface area contributed by atoms with Crippen LogP contribution in [0.25, 0.3) is 98.9 Å². The van der Waals surface area contributed by atoms with Crippen LogP contribution in [0.3, 0.4) is 0 Å². The fourth-order valence-corrected chi connectivity index (χ4v) is 7.90. The molecule has 1 aromatic heterocycles. The van der Waals surface area contributed by atoms with Crippen LogP contribution in [-0.4, -0.2) is 9.97 Å². The van der Waals surface area contributed by atoms with E-state index in [1.807, 2.05) is 24.3 Å². The van der Waals surface area contributed by atoms with Crippen molar-refractivity contribution in [1.82, 2.24) is 9.97 Å². The van der Waals surface area contributed by atoms with E-state index in [1.165, 1.54) is 65.0 Å². The predicted molar refractivity (Wildman–Crippen MR) is 229 cm³/mol. The zero-order valence-corrected chi connectivity index (χ0v) is 29.5. The molecule has 1 heterocycles. The molecule has 0 fully saturated rings. The van der Waals surface area contributed by atoms with Crippen LogP contribution in [0.15, 0.2) is 206 Å². The van der Waals surface area contributed by atoms with E-state index in [1.54, 1.807) is 0 Å². The standard InChI is InChI=1S/C52H34N2/c1-3-15-35(16-4-1)36-27-29-37(30-28-36)50-34-51(54-52(53-50)38-17-5-2-6-18-38)39-31-32-48-46-25-12-11-23-44(46)42-21-8-7-19-40(42)41-20-9-10-22-43(41)45-24-13-14-26-47(45)49(48)33-39/h1-34H. The number of benzene rings is 8. The molecular formula is C52H34N2. The number of nitrogens with zero attached hydrogens (tertiary/aromatic N) is 2. The first kappa shape index (κ1) is 31.6. The Morgan fingerprint density at radius 1 is 0.204 bits per heavy atom. The molecule has 0 spiro atoms. The lowest BCUT2D eigenvalue weighted by Gasteiger charge is -2.12. The van der Waals surface area contributed by atoms with Crippen molar-refractivity contribution in [2.75, 3.05) is 0 Å². The van der Waals surface area contributed by atoms with Gasteiger partial charge in [-0.2, -0.15) is 0 Å². The molecule has 0 atom stereocenters. The highest BCUT2D eigenvalue weighted by molar-refractivity contribution is 6.26. The molecule has 0 saturated carbocycles. The number of fused-ring (bicyclic) bond motifs is 10. The van der Waals surface area contributed by atoms with E-state index in [4.69, 9.17) is 9.97 Å². The minimum Gasteiger partial charge on any atom is -0.228 e. The van der Waals surface area contributed by atoms with Gasteiger partial charge in [0.05, 0.1) is 11.4 Å². The summed E-state index contributed by atoms with van der Waals surface area (Å²) >= 11 is 0. The summed E-state index contributed by atoms with van der Waals surface area (Å²) in [6.45, 7) is 0. The van der Waals surface area contributed by atoms with Gasteiger partial charge in [-0.3, -0.25) is 0 Å². The van der Waals surface area contributed by atoms with E-state index >= 15 is 0 Å². The molecule has 0 aliphatic rings. The smallest absolute Gasteiger partial charge is 0.160 e. The Morgan fingerprint density at radius 2 is 0.519 bits per heavy atom. The fourth-order valence-electron chi connectivity index (χ4n) is 7.90. The lowest BCUT2D eigenvalue weighted by Crippen LogP contribution is -1.96. The first-order valence-electron chi connectivity index (χ1n) is 18.4. The third-order valence-corrected chi connectivity index (χ3v) is 10.5. The SMILES string of the molecule is c1ccc(-c2ccc(-c3cc(-c4ccc5c6ccccc6c6ccccc6c6ccccc6c6ccccc6c5c4)nc(-c4ccccc4)n3)cc2)cc1. The van der Waals surface area contributed by atoms with Crippen molar-refractivity contribution in [3.8, 4) is 45.0 Å². The van der Waals surface area contributed by atoms with Gasteiger partial charge in [0, 0.05) is 16.7 Å². The second kappa shape index (κ2) is 13.4. The average molecular weight is 687 g/mol. The third kappa shape index (κ3) is 5.62. The summed E-state index contributed by atoms with van der Waals surface area (Å²) in [5, 5.41) is 12.0. The molecule has 0 N–H and O–H groups in total. The van der Waals surface area contributed by atoms with Crippen LogP contribution in [0.1, 0.15) is 0 Å². The number of aromatic nitrogens is 2. The fraction of sp³-hybridized carbons (Fsp3) is 0. The Kier molecular flexibility index (Phi) is 7.85. The van der Waals surface area contributed by atoms with Crippen molar-refractivity contribution in [2.45, 2.75) is 0 Å². The van der Waals surface area contributed by atoms with Crippen LogP contribution in [0.5, 0.6) is 0 Å². The molecule has 0 radical (unpaired) electrons. The molecule has 54 heavy (non-hydrogen) atoms. The van der Waals surface area contributed by atoms with Gasteiger partial charge in [-0.25, -0.2) is 9.97 Å². The van der Waals surface area contributed by atoms with Gasteiger partial charge in [-0.1, -0.05) is 194 Å². The zero-order valence-electron chi connectivity index (χ0n) is 29.5. The number of hydrogen-bond acceptors (Lipinski definition) is 2. The molecule has 0 bridgehead atoms. The van der Waals surface area contributed by atoms with Crippen LogP contribution in [0, 0.1) is 0 Å². The Hall–Kier alpha value is -7.16. The lowest BCUT2D eigenvalue weighted by molar-refractivity contribution is 1.18. The van der Waals surface area contributed by atoms with Crippen LogP contribution in [0.2, 0.25) is 0 Å². The van der Waals surface area contributed by atoms with Gasteiger partial charge in [-0.05, 0) is 77.1 Å². The topological polar surface area (TPSA) is 25.8 Å². The lowest BCUT2D eigenvalue weighted by atomic mass is 9.93. The maximum absolute atomic E-state index is 5.24. The molecule has 0 saturated heterocycles. The summed E-state index contributed by atoms with van der Waals surface area (Å²) in [6.07, 6.45) is 0. The molecule has 2 nitrogen and oxygen atoms in total. The molecule has 10 rings (SSSR count). The number of rotatable bonds is 4. The average Bonchev–Trinajstić information content (AvgIpc) is 3.26. The van der Waals surface area contributed by atoms with E-state index in [-0.39, 0.29) is 0 Å². The maximum Gasteiger partial charge on any atom is 0.160 e. The largest absolute Gasteiger partial charge is 0.228 e. The highest BCUT2D eigenvalue weighted by atomic mass is 14.9. The predicted octanol–water partition coefficient (Wildman–Crippen LogP) is 14.0. The second-order valence-corrected chi connectivity index (χ2v) is 13.7. The van der Waals surface area contributed by atoms with Gasteiger partial charge in [0.25, 0.3) is 0 Å². The summed E-state index contributed by atoms with van der Waals surface area (Å²) < 4.78 is 0. The highest BCUT2D eigenvalue weighted by Gasteiger charge is 2.14. The monoisotopic (exact) mass is 686 g/mol. The van der Waals surface area contributed by atoms with Gasteiger partial charge >= 0.3 is 0 Å². The first-order valence-corrected chi connectivity index (χ1v) is 18.4. The van der Waals surface area contributed by atoms with Crippen LogP contribution in [0.4, 0.5) is 0 Å². The minimum absolute atomic E-state index is 0.701. The molecule has 2 heteroatoms. The second-order valence-electron chi connectivity index (χ2n) is 13.7. The third-order valence-electron chi connectivity index (χ3n) is 10.5. The quantitative estimate of drug-likeness (QED) is 0.184. The van der Waals surface area contributed by atoms with Gasteiger partial charge in [0.15, 0.2) is 5.82 Å². The van der Waals surface area contributed by atoms with Crippen LogP contribution < -0.4 is 0 Å². The van der Waals surface area contributed by atoms with Crippen molar-refractivity contribution >= 4 is 53.9 Å². The molecule has 9 aromatic carbocycles. The van der Waals surface area contributed by atoms with E-state index in [0.29, 0.717) is 5.82 Å². The van der Waals surface area contributed by atoms with Crippen molar-refractivity contribution in [3.63, 3.8) is 0 Å². The molecule has 0 unspecified atom stereocenters. The van der Waals surface area contributed by atoms with Crippen molar-refractivity contribution in [1.29, 1.82) is 0 Å². The van der Waals surface area contributed by atoms with E-state index in [0.717, 1.165) is 28.1 Å². The van der Waals surface area contributed by atoms with E-state index < -0.39 is 0 Å². The Labute approximate surface area is 314 Å². The summed E-state index contributed by atoms with van der Waals surface area (Å²) in [7, 11) is 0. The maximum atomic E-state index is 5.24. The summed E-state index contributed by atoms with van der Waals surface area (Å²) in [5.74, 6) is 0.701. The molecular weight excluding hydrogens is 653 g/mol. The van der Waals surface area contributed by atoms with E-state index in [9.17, 15) is 0 Å². The minimum atomic E-state index is 0.701. The van der Waals surface area contributed by atoms with Gasteiger partial charge in [-0.15, -0.1) is 0 Å². The molecule has 0 amide bonds. The Morgan fingerprint density at radius 3 is 0.981 bits per heavy atom. The van der Waals surface area contributed by atoms with Crippen LogP contribution >= 0.6 is 0 Å². The molecule has 0 aliphatic carbocycles. The zero-order chi connectivity index (χ0) is 35.8. The van der Waals surface area contributed by atoms with E-state index in [2.05, 4.69) is 182 Å².